The fraction of sp³-hybridized carbons (Fsp3) is 0.312. The van der Waals surface area contributed by atoms with Crippen LogP contribution in [-0.2, 0) is 13.2 Å². The lowest BCUT2D eigenvalue weighted by Gasteiger charge is -2.12. The van der Waals surface area contributed by atoms with E-state index in [1.54, 1.807) is 6.20 Å². The second-order valence-electron chi connectivity index (χ2n) is 4.70. The van der Waals surface area contributed by atoms with E-state index in [0.717, 1.165) is 23.6 Å². The molecule has 0 atom stereocenters. The number of aryl methyl sites for hydroxylation is 2. The zero-order valence-corrected chi connectivity index (χ0v) is 11.7. The van der Waals surface area contributed by atoms with Crippen LogP contribution in [0.2, 0.25) is 0 Å². The fourth-order valence-corrected chi connectivity index (χ4v) is 1.99. The molecule has 3 nitrogen and oxygen atoms in total. The third-order valence-electron chi connectivity index (χ3n) is 3.07. The Labute approximate surface area is 114 Å². The van der Waals surface area contributed by atoms with Gasteiger partial charge in [0.05, 0.1) is 5.69 Å². The van der Waals surface area contributed by atoms with E-state index in [0.29, 0.717) is 6.61 Å². The van der Waals surface area contributed by atoms with Crippen molar-refractivity contribution in [1.82, 2.24) is 10.3 Å². The molecular weight excluding hydrogens is 236 g/mol. The van der Waals surface area contributed by atoms with Gasteiger partial charge in [0.15, 0.2) is 0 Å². The molecule has 19 heavy (non-hydrogen) atoms. The van der Waals surface area contributed by atoms with Crippen molar-refractivity contribution in [3.8, 4) is 5.75 Å². The van der Waals surface area contributed by atoms with Crippen LogP contribution in [0.1, 0.15) is 22.4 Å². The molecule has 0 radical (unpaired) electrons. The summed E-state index contributed by atoms with van der Waals surface area (Å²) in [5.41, 5.74) is 4.56. The van der Waals surface area contributed by atoms with Gasteiger partial charge in [0, 0.05) is 18.3 Å². The van der Waals surface area contributed by atoms with Gasteiger partial charge in [0.25, 0.3) is 0 Å². The first kappa shape index (κ1) is 13.6. The number of hydrogen-bond acceptors (Lipinski definition) is 3. The van der Waals surface area contributed by atoms with Crippen LogP contribution in [0.25, 0.3) is 0 Å². The smallest absolute Gasteiger partial charge is 0.130 e. The highest BCUT2D eigenvalue weighted by Gasteiger charge is 2.05. The van der Waals surface area contributed by atoms with Crippen LogP contribution in [0, 0.1) is 13.8 Å². The zero-order valence-electron chi connectivity index (χ0n) is 11.7. The van der Waals surface area contributed by atoms with Crippen molar-refractivity contribution in [3.05, 3.63) is 58.9 Å². The molecule has 0 saturated carbocycles. The summed E-state index contributed by atoms with van der Waals surface area (Å²) in [4.78, 5) is 4.35. The Morgan fingerprint density at radius 2 is 2.05 bits per heavy atom. The summed E-state index contributed by atoms with van der Waals surface area (Å²) in [6.45, 7) is 5.45. The maximum atomic E-state index is 5.91. The largest absolute Gasteiger partial charge is 0.487 e. The third-order valence-corrected chi connectivity index (χ3v) is 3.07. The normalized spacial score (nSPS) is 10.5. The average molecular weight is 256 g/mol. The first-order valence-corrected chi connectivity index (χ1v) is 6.48. The van der Waals surface area contributed by atoms with Gasteiger partial charge >= 0.3 is 0 Å². The summed E-state index contributed by atoms with van der Waals surface area (Å²) >= 11 is 0. The minimum absolute atomic E-state index is 0.506. The van der Waals surface area contributed by atoms with Gasteiger partial charge in [-0.05, 0) is 38.6 Å². The lowest BCUT2D eigenvalue weighted by molar-refractivity contribution is 0.296. The lowest BCUT2D eigenvalue weighted by Crippen LogP contribution is -2.08. The second-order valence-corrected chi connectivity index (χ2v) is 4.70. The molecule has 2 aromatic rings. The van der Waals surface area contributed by atoms with Gasteiger partial charge in [0.1, 0.15) is 12.4 Å². The van der Waals surface area contributed by atoms with E-state index in [-0.39, 0.29) is 0 Å². The molecule has 2 rings (SSSR count). The van der Waals surface area contributed by atoms with Gasteiger partial charge in [-0.3, -0.25) is 4.98 Å². The molecule has 3 heteroatoms. The van der Waals surface area contributed by atoms with Crippen LogP contribution in [-0.4, -0.2) is 12.0 Å². The molecule has 0 amide bonds. The van der Waals surface area contributed by atoms with Gasteiger partial charge < -0.3 is 10.1 Å². The van der Waals surface area contributed by atoms with Crippen LogP contribution < -0.4 is 10.1 Å². The minimum atomic E-state index is 0.506. The summed E-state index contributed by atoms with van der Waals surface area (Å²) < 4.78 is 5.91. The van der Waals surface area contributed by atoms with E-state index in [9.17, 15) is 0 Å². The number of rotatable bonds is 5. The minimum Gasteiger partial charge on any atom is -0.487 e. The molecule has 0 saturated heterocycles. The van der Waals surface area contributed by atoms with E-state index >= 15 is 0 Å². The van der Waals surface area contributed by atoms with Crippen LogP contribution in [0.3, 0.4) is 0 Å². The molecule has 0 aliphatic heterocycles. The molecule has 1 aromatic carbocycles. The van der Waals surface area contributed by atoms with E-state index in [2.05, 4.69) is 42.3 Å². The SMILES string of the molecule is CNCc1cc(C)ccc1OCc1ncccc1C. The average Bonchev–Trinajstić information content (AvgIpc) is 2.40. The highest BCUT2D eigenvalue weighted by atomic mass is 16.5. The fourth-order valence-electron chi connectivity index (χ4n) is 1.99. The quantitative estimate of drug-likeness (QED) is 0.893. The van der Waals surface area contributed by atoms with Crippen molar-refractivity contribution in [2.75, 3.05) is 7.05 Å². The molecule has 0 fully saturated rings. The van der Waals surface area contributed by atoms with Crippen molar-refractivity contribution < 1.29 is 4.74 Å². The van der Waals surface area contributed by atoms with Crippen molar-refractivity contribution in [2.45, 2.75) is 27.0 Å². The number of pyridine rings is 1. The van der Waals surface area contributed by atoms with Gasteiger partial charge in [-0.2, -0.15) is 0 Å². The Morgan fingerprint density at radius 1 is 1.21 bits per heavy atom. The molecule has 0 bridgehead atoms. The summed E-state index contributed by atoms with van der Waals surface area (Å²) in [5, 5.41) is 3.17. The first-order valence-electron chi connectivity index (χ1n) is 6.48. The standard InChI is InChI=1S/C16H20N2O/c1-12-6-7-16(14(9-12)10-17-3)19-11-15-13(2)5-4-8-18-15/h4-9,17H,10-11H2,1-3H3. The molecule has 0 aliphatic carbocycles. The third kappa shape index (κ3) is 3.55. The molecular formula is C16H20N2O. The Morgan fingerprint density at radius 3 is 2.79 bits per heavy atom. The number of nitrogens with one attached hydrogen (secondary N) is 1. The van der Waals surface area contributed by atoms with Crippen molar-refractivity contribution in [3.63, 3.8) is 0 Å². The van der Waals surface area contributed by atoms with Crippen LogP contribution in [0.4, 0.5) is 0 Å². The number of nitrogens with zero attached hydrogens (tertiary/aromatic N) is 1. The summed E-state index contributed by atoms with van der Waals surface area (Å²) in [5.74, 6) is 0.921. The van der Waals surface area contributed by atoms with Crippen LogP contribution >= 0.6 is 0 Å². The van der Waals surface area contributed by atoms with E-state index in [1.807, 2.05) is 19.2 Å². The Balaban J connectivity index is 2.13. The number of benzene rings is 1. The summed E-state index contributed by atoms with van der Waals surface area (Å²) in [7, 11) is 1.94. The molecule has 1 N–H and O–H groups in total. The molecule has 0 spiro atoms. The maximum absolute atomic E-state index is 5.91. The first-order chi connectivity index (χ1) is 9.20. The second kappa shape index (κ2) is 6.34. The Kier molecular flexibility index (Phi) is 4.53. The van der Waals surface area contributed by atoms with Crippen molar-refractivity contribution in [2.24, 2.45) is 0 Å². The molecule has 0 aliphatic rings. The van der Waals surface area contributed by atoms with Gasteiger partial charge in [-0.25, -0.2) is 0 Å². The summed E-state index contributed by atoms with van der Waals surface area (Å²) in [6.07, 6.45) is 1.80. The van der Waals surface area contributed by atoms with Gasteiger partial charge in [-0.15, -0.1) is 0 Å². The predicted octanol–water partition coefficient (Wildman–Crippen LogP) is 3.00. The van der Waals surface area contributed by atoms with Crippen molar-refractivity contribution in [1.29, 1.82) is 0 Å². The van der Waals surface area contributed by atoms with E-state index < -0.39 is 0 Å². The number of hydrogen-bond donors (Lipinski definition) is 1. The lowest BCUT2D eigenvalue weighted by atomic mass is 10.1. The predicted molar refractivity (Wildman–Crippen MR) is 77.2 cm³/mol. The monoisotopic (exact) mass is 256 g/mol. The van der Waals surface area contributed by atoms with Crippen LogP contribution in [0.5, 0.6) is 5.75 Å². The van der Waals surface area contributed by atoms with Crippen LogP contribution in [0.15, 0.2) is 36.5 Å². The van der Waals surface area contributed by atoms with Gasteiger partial charge in [0.2, 0.25) is 0 Å². The maximum Gasteiger partial charge on any atom is 0.130 e. The Bertz CT molecular complexity index is 552. The Hall–Kier alpha value is -1.87. The molecule has 1 heterocycles. The number of ether oxygens (including phenoxy) is 1. The molecule has 1 aromatic heterocycles. The highest BCUT2D eigenvalue weighted by Crippen LogP contribution is 2.21. The van der Waals surface area contributed by atoms with E-state index in [4.69, 9.17) is 4.74 Å². The van der Waals surface area contributed by atoms with E-state index in [1.165, 1.54) is 11.1 Å². The topological polar surface area (TPSA) is 34.1 Å². The summed E-state index contributed by atoms with van der Waals surface area (Å²) in [6, 6.07) is 10.2. The zero-order chi connectivity index (χ0) is 13.7. The molecule has 0 unspecified atom stereocenters. The highest BCUT2D eigenvalue weighted by molar-refractivity contribution is 5.37. The van der Waals surface area contributed by atoms with Gasteiger partial charge in [-0.1, -0.05) is 23.8 Å². The number of aromatic nitrogens is 1. The van der Waals surface area contributed by atoms with Crippen molar-refractivity contribution >= 4 is 0 Å². The molecule has 100 valence electrons.